The summed E-state index contributed by atoms with van der Waals surface area (Å²) in [4.78, 5) is 11.6. The average Bonchev–Trinajstić information content (AvgIpc) is 2.66. The number of hydrogen-bond acceptors (Lipinski definition) is 2. The molecule has 132 valence electrons. The van der Waals surface area contributed by atoms with Gasteiger partial charge in [-0.15, -0.1) is 0 Å². The molecule has 5 heteroatoms. The number of alkyl halides is 3. The summed E-state index contributed by atoms with van der Waals surface area (Å²) in [6.45, 7) is 0.290. The van der Waals surface area contributed by atoms with Crippen LogP contribution < -0.4 is 4.74 Å². The van der Waals surface area contributed by atoms with E-state index in [0.717, 1.165) is 17.7 Å². The van der Waals surface area contributed by atoms with E-state index in [1.54, 1.807) is 18.2 Å². The van der Waals surface area contributed by atoms with Gasteiger partial charge >= 0.3 is 6.18 Å². The summed E-state index contributed by atoms with van der Waals surface area (Å²) >= 11 is 0. The second kappa shape index (κ2) is 7.44. The standard InChI is InChI=1S/C21H15F3O2/c22-21(23,24)17-11-9-16(10-12-17)18-7-4-8-20(19(18)13-25)26-14-15-5-2-1-3-6-15/h1-13H,14H2. The minimum atomic E-state index is -4.40. The Morgan fingerprint density at radius 3 is 2.15 bits per heavy atom. The Kier molecular flexibility index (Phi) is 5.07. The highest BCUT2D eigenvalue weighted by molar-refractivity contribution is 5.91. The van der Waals surface area contributed by atoms with Crippen LogP contribution in [-0.4, -0.2) is 6.29 Å². The molecule has 3 aromatic rings. The topological polar surface area (TPSA) is 26.3 Å². The maximum absolute atomic E-state index is 12.7. The molecule has 0 unspecified atom stereocenters. The molecule has 0 aromatic heterocycles. The average molecular weight is 356 g/mol. The van der Waals surface area contributed by atoms with Crippen molar-refractivity contribution >= 4 is 6.29 Å². The van der Waals surface area contributed by atoms with Gasteiger partial charge in [-0.2, -0.15) is 13.2 Å². The predicted molar refractivity (Wildman–Crippen MR) is 93.0 cm³/mol. The summed E-state index contributed by atoms with van der Waals surface area (Å²) < 4.78 is 43.9. The summed E-state index contributed by atoms with van der Waals surface area (Å²) in [6.07, 6.45) is -3.74. The van der Waals surface area contributed by atoms with Crippen molar-refractivity contribution in [3.05, 3.63) is 89.5 Å². The Hall–Kier alpha value is -3.08. The molecule has 0 atom stereocenters. The molecule has 0 aliphatic carbocycles. The van der Waals surface area contributed by atoms with Crippen molar-refractivity contribution in [2.45, 2.75) is 12.8 Å². The molecule has 0 saturated heterocycles. The van der Waals surface area contributed by atoms with Crippen molar-refractivity contribution in [1.29, 1.82) is 0 Å². The molecule has 2 nitrogen and oxygen atoms in total. The fourth-order valence-electron chi connectivity index (χ4n) is 2.62. The Labute approximate surface area is 148 Å². The largest absolute Gasteiger partial charge is 0.488 e. The molecule has 0 aliphatic heterocycles. The summed E-state index contributed by atoms with van der Waals surface area (Å²) in [6, 6.07) is 19.2. The van der Waals surface area contributed by atoms with Crippen molar-refractivity contribution < 1.29 is 22.7 Å². The lowest BCUT2D eigenvalue weighted by Gasteiger charge is -2.13. The molecule has 26 heavy (non-hydrogen) atoms. The normalized spacial score (nSPS) is 11.2. The minimum Gasteiger partial charge on any atom is -0.488 e. The fourth-order valence-corrected chi connectivity index (χ4v) is 2.62. The number of halogens is 3. The van der Waals surface area contributed by atoms with Gasteiger partial charge in [-0.3, -0.25) is 4.79 Å². The van der Waals surface area contributed by atoms with Gasteiger partial charge in [0.2, 0.25) is 0 Å². The van der Waals surface area contributed by atoms with E-state index in [4.69, 9.17) is 4.74 Å². The van der Waals surface area contributed by atoms with Crippen LogP contribution in [0.15, 0.2) is 72.8 Å². The third kappa shape index (κ3) is 3.94. The van der Waals surface area contributed by atoms with Gasteiger partial charge in [0.1, 0.15) is 12.4 Å². The highest BCUT2D eigenvalue weighted by atomic mass is 19.4. The van der Waals surface area contributed by atoms with Crippen LogP contribution >= 0.6 is 0 Å². The van der Waals surface area contributed by atoms with Gasteiger partial charge in [-0.1, -0.05) is 54.6 Å². The van der Waals surface area contributed by atoms with Crippen LogP contribution in [0.2, 0.25) is 0 Å². The molecule has 0 bridgehead atoms. The summed E-state index contributed by atoms with van der Waals surface area (Å²) in [5, 5.41) is 0. The van der Waals surface area contributed by atoms with Crippen molar-refractivity contribution in [2.75, 3.05) is 0 Å². The molecule has 3 aromatic carbocycles. The zero-order valence-electron chi connectivity index (χ0n) is 13.7. The number of ether oxygens (including phenoxy) is 1. The van der Waals surface area contributed by atoms with Gasteiger partial charge in [0.05, 0.1) is 11.1 Å². The van der Waals surface area contributed by atoms with E-state index in [1.165, 1.54) is 12.1 Å². The first-order valence-corrected chi connectivity index (χ1v) is 7.91. The first-order chi connectivity index (χ1) is 12.5. The van der Waals surface area contributed by atoms with Gasteiger partial charge in [0.15, 0.2) is 6.29 Å². The van der Waals surface area contributed by atoms with E-state index in [2.05, 4.69) is 0 Å². The second-order valence-corrected chi connectivity index (χ2v) is 5.68. The van der Waals surface area contributed by atoms with Crippen molar-refractivity contribution in [3.8, 4) is 16.9 Å². The SMILES string of the molecule is O=Cc1c(OCc2ccccc2)cccc1-c1ccc(C(F)(F)F)cc1. The Morgan fingerprint density at radius 1 is 0.846 bits per heavy atom. The van der Waals surface area contributed by atoms with Crippen LogP contribution in [0, 0.1) is 0 Å². The van der Waals surface area contributed by atoms with E-state index >= 15 is 0 Å². The van der Waals surface area contributed by atoms with Crippen LogP contribution in [-0.2, 0) is 12.8 Å². The lowest BCUT2D eigenvalue weighted by molar-refractivity contribution is -0.137. The number of rotatable bonds is 5. The number of benzene rings is 3. The highest BCUT2D eigenvalue weighted by Crippen LogP contribution is 2.33. The number of aldehydes is 1. The molecule has 3 rings (SSSR count). The molecule has 0 spiro atoms. The zero-order valence-corrected chi connectivity index (χ0v) is 13.7. The maximum Gasteiger partial charge on any atom is 0.416 e. The lowest BCUT2D eigenvalue weighted by atomic mass is 9.98. The summed E-state index contributed by atoms with van der Waals surface area (Å²) in [5.41, 5.74) is 1.57. The van der Waals surface area contributed by atoms with Gasteiger partial charge in [-0.25, -0.2) is 0 Å². The molecule has 0 radical (unpaired) electrons. The van der Waals surface area contributed by atoms with E-state index in [-0.39, 0.29) is 6.61 Å². The minimum absolute atomic E-state index is 0.290. The Morgan fingerprint density at radius 2 is 1.54 bits per heavy atom. The monoisotopic (exact) mass is 356 g/mol. The van der Waals surface area contributed by atoms with Crippen LogP contribution in [0.1, 0.15) is 21.5 Å². The molecule has 0 fully saturated rings. The van der Waals surface area contributed by atoms with E-state index in [9.17, 15) is 18.0 Å². The first kappa shape index (κ1) is 17.7. The molecular formula is C21H15F3O2. The summed E-state index contributed by atoms with van der Waals surface area (Å²) in [7, 11) is 0. The van der Waals surface area contributed by atoms with Crippen molar-refractivity contribution in [3.63, 3.8) is 0 Å². The number of carbonyl (C=O) groups excluding carboxylic acids is 1. The van der Waals surface area contributed by atoms with Crippen LogP contribution in [0.5, 0.6) is 5.75 Å². The van der Waals surface area contributed by atoms with Crippen LogP contribution in [0.4, 0.5) is 13.2 Å². The van der Waals surface area contributed by atoms with E-state index in [0.29, 0.717) is 28.7 Å². The second-order valence-electron chi connectivity index (χ2n) is 5.68. The highest BCUT2D eigenvalue weighted by Gasteiger charge is 2.30. The Bertz CT molecular complexity index is 885. The van der Waals surface area contributed by atoms with Gasteiger partial charge < -0.3 is 4.74 Å². The van der Waals surface area contributed by atoms with E-state index in [1.807, 2.05) is 30.3 Å². The molecule has 0 aliphatic rings. The predicted octanol–water partition coefficient (Wildman–Crippen LogP) is 5.76. The van der Waals surface area contributed by atoms with E-state index < -0.39 is 11.7 Å². The lowest BCUT2D eigenvalue weighted by Crippen LogP contribution is -2.04. The summed E-state index contributed by atoms with van der Waals surface area (Å²) in [5.74, 6) is 0.390. The molecule has 0 heterocycles. The van der Waals surface area contributed by atoms with Crippen molar-refractivity contribution in [2.24, 2.45) is 0 Å². The quantitative estimate of drug-likeness (QED) is 0.543. The third-order valence-corrected chi connectivity index (χ3v) is 3.94. The fraction of sp³-hybridized carbons (Fsp3) is 0.0952. The number of hydrogen-bond donors (Lipinski definition) is 0. The number of carbonyl (C=O) groups is 1. The van der Waals surface area contributed by atoms with Gasteiger partial charge in [0, 0.05) is 0 Å². The van der Waals surface area contributed by atoms with Gasteiger partial charge in [0.25, 0.3) is 0 Å². The smallest absolute Gasteiger partial charge is 0.416 e. The first-order valence-electron chi connectivity index (χ1n) is 7.91. The molecule has 0 saturated carbocycles. The molecule has 0 N–H and O–H groups in total. The van der Waals surface area contributed by atoms with Crippen LogP contribution in [0.25, 0.3) is 11.1 Å². The molecular weight excluding hydrogens is 341 g/mol. The molecule has 0 amide bonds. The Balaban J connectivity index is 1.89. The third-order valence-electron chi connectivity index (χ3n) is 3.94. The van der Waals surface area contributed by atoms with Crippen LogP contribution in [0.3, 0.4) is 0 Å². The zero-order chi connectivity index (χ0) is 18.6. The van der Waals surface area contributed by atoms with Crippen molar-refractivity contribution in [1.82, 2.24) is 0 Å². The van der Waals surface area contributed by atoms with Gasteiger partial charge in [-0.05, 0) is 34.9 Å². The maximum atomic E-state index is 12.7.